The lowest BCUT2D eigenvalue weighted by atomic mass is 10.1. The summed E-state index contributed by atoms with van der Waals surface area (Å²) in [5.41, 5.74) is 0.972. The fraction of sp³-hybridized carbons (Fsp3) is 0.421. The van der Waals surface area contributed by atoms with Crippen molar-refractivity contribution >= 4 is 15.9 Å². The van der Waals surface area contributed by atoms with Gasteiger partial charge in [0.25, 0.3) is 0 Å². The molecule has 0 aliphatic heterocycles. The summed E-state index contributed by atoms with van der Waals surface area (Å²) < 4.78 is 33.4. The topological polar surface area (TPSA) is 79.6 Å². The van der Waals surface area contributed by atoms with Crippen LogP contribution in [0.2, 0.25) is 0 Å². The van der Waals surface area contributed by atoms with Gasteiger partial charge in [0.15, 0.2) is 0 Å². The van der Waals surface area contributed by atoms with Gasteiger partial charge in [-0.15, -0.1) is 0 Å². The SMILES string of the molecule is CCCCN(C)C(=O)CC(NS(=O)(=O)c1ccc(C)cc1)c1ccco1. The third-order valence-electron chi connectivity index (χ3n) is 4.17. The summed E-state index contributed by atoms with van der Waals surface area (Å²) in [7, 11) is -2.04. The van der Waals surface area contributed by atoms with Crippen LogP contribution in [0.1, 0.15) is 43.6 Å². The summed E-state index contributed by atoms with van der Waals surface area (Å²) in [5.74, 6) is 0.282. The maximum atomic E-state index is 12.7. The number of carbonyl (C=O) groups is 1. The van der Waals surface area contributed by atoms with E-state index >= 15 is 0 Å². The van der Waals surface area contributed by atoms with Gasteiger partial charge in [-0.3, -0.25) is 4.79 Å². The third-order valence-corrected chi connectivity index (χ3v) is 5.65. The molecule has 0 saturated carbocycles. The van der Waals surface area contributed by atoms with Crippen molar-refractivity contribution in [2.24, 2.45) is 0 Å². The maximum Gasteiger partial charge on any atom is 0.241 e. The van der Waals surface area contributed by atoms with Gasteiger partial charge in [0.2, 0.25) is 15.9 Å². The number of furan rings is 1. The molecule has 2 aromatic rings. The van der Waals surface area contributed by atoms with Crippen LogP contribution in [0, 0.1) is 6.92 Å². The van der Waals surface area contributed by atoms with Gasteiger partial charge in [-0.25, -0.2) is 8.42 Å². The van der Waals surface area contributed by atoms with E-state index in [0.29, 0.717) is 12.3 Å². The van der Waals surface area contributed by atoms with Crippen LogP contribution < -0.4 is 4.72 Å². The van der Waals surface area contributed by atoms with Gasteiger partial charge in [-0.2, -0.15) is 4.72 Å². The van der Waals surface area contributed by atoms with E-state index in [4.69, 9.17) is 4.42 Å². The van der Waals surface area contributed by atoms with E-state index in [0.717, 1.165) is 18.4 Å². The number of rotatable bonds is 9. The second-order valence-corrected chi connectivity index (χ2v) is 8.09. The molecule has 1 atom stereocenters. The van der Waals surface area contributed by atoms with Crippen LogP contribution in [0.25, 0.3) is 0 Å². The van der Waals surface area contributed by atoms with E-state index in [1.165, 1.54) is 6.26 Å². The van der Waals surface area contributed by atoms with Crippen molar-refractivity contribution in [3.63, 3.8) is 0 Å². The molecular weight excluding hydrogens is 352 g/mol. The van der Waals surface area contributed by atoms with Crippen molar-refractivity contribution in [2.45, 2.75) is 44.0 Å². The Morgan fingerprint density at radius 2 is 1.92 bits per heavy atom. The van der Waals surface area contributed by atoms with Crippen LogP contribution >= 0.6 is 0 Å². The number of aryl methyl sites for hydroxylation is 1. The summed E-state index contributed by atoms with van der Waals surface area (Å²) in [6.45, 7) is 4.59. The standard InChI is InChI=1S/C19H26N2O4S/c1-4-5-12-21(3)19(22)14-17(18-7-6-13-25-18)20-26(23,24)16-10-8-15(2)9-11-16/h6-11,13,17,20H,4-5,12,14H2,1-3H3. The van der Waals surface area contributed by atoms with Crippen LogP contribution in [0.5, 0.6) is 0 Å². The number of nitrogens with one attached hydrogen (secondary N) is 1. The van der Waals surface area contributed by atoms with Gasteiger partial charge in [0.05, 0.1) is 23.6 Å². The second-order valence-electron chi connectivity index (χ2n) is 6.38. The molecule has 1 heterocycles. The van der Waals surface area contributed by atoms with Crippen molar-refractivity contribution in [3.05, 3.63) is 54.0 Å². The van der Waals surface area contributed by atoms with Gasteiger partial charge >= 0.3 is 0 Å². The normalized spacial score (nSPS) is 12.7. The molecule has 1 aromatic carbocycles. The predicted octanol–water partition coefficient (Wildman–Crippen LogP) is 3.26. The first-order chi connectivity index (χ1) is 12.3. The predicted molar refractivity (Wildman–Crippen MR) is 100 cm³/mol. The van der Waals surface area contributed by atoms with Crippen LogP contribution in [-0.2, 0) is 14.8 Å². The minimum Gasteiger partial charge on any atom is -0.468 e. The average Bonchev–Trinajstić information content (AvgIpc) is 3.13. The summed E-state index contributed by atoms with van der Waals surface area (Å²) >= 11 is 0. The van der Waals surface area contributed by atoms with Crippen molar-refractivity contribution < 1.29 is 17.6 Å². The van der Waals surface area contributed by atoms with Gasteiger partial charge in [-0.05, 0) is 37.6 Å². The number of unbranched alkanes of at least 4 members (excludes halogenated alkanes) is 1. The quantitative estimate of drug-likeness (QED) is 0.726. The number of benzene rings is 1. The molecule has 0 bridgehead atoms. The van der Waals surface area contributed by atoms with E-state index in [2.05, 4.69) is 11.6 Å². The van der Waals surface area contributed by atoms with E-state index in [-0.39, 0.29) is 17.2 Å². The largest absolute Gasteiger partial charge is 0.468 e. The molecule has 142 valence electrons. The molecule has 0 fully saturated rings. The van der Waals surface area contributed by atoms with Gasteiger partial charge in [0, 0.05) is 13.6 Å². The Balaban J connectivity index is 2.18. The number of sulfonamides is 1. The highest BCUT2D eigenvalue weighted by atomic mass is 32.2. The van der Waals surface area contributed by atoms with Crippen LogP contribution in [-0.4, -0.2) is 32.8 Å². The zero-order valence-electron chi connectivity index (χ0n) is 15.4. The first-order valence-electron chi connectivity index (χ1n) is 8.70. The minimum absolute atomic E-state index is 0.00117. The zero-order valence-corrected chi connectivity index (χ0v) is 16.3. The number of hydrogen-bond donors (Lipinski definition) is 1. The molecule has 1 amide bonds. The lowest BCUT2D eigenvalue weighted by molar-refractivity contribution is -0.130. The molecule has 0 aliphatic rings. The van der Waals surface area contributed by atoms with Crippen molar-refractivity contribution in [1.29, 1.82) is 0 Å². The smallest absolute Gasteiger partial charge is 0.241 e. The highest BCUT2D eigenvalue weighted by molar-refractivity contribution is 7.89. The summed E-state index contributed by atoms with van der Waals surface area (Å²) in [4.78, 5) is 14.3. The Labute approximate surface area is 155 Å². The average molecular weight is 378 g/mol. The van der Waals surface area contributed by atoms with E-state index in [1.54, 1.807) is 48.3 Å². The molecule has 26 heavy (non-hydrogen) atoms. The van der Waals surface area contributed by atoms with Crippen LogP contribution in [0.3, 0.4) is 0 Å². The Morgan fingerprint density at radius 1 is 1.23 bits per heavy atom. The van der Waals surface area contributed by atoms with Crippen LogP contribution in [0.15, 0.2) is 52.0 Å². The number of amides is 1. The third kappa shape index (κ3) is 5.44. The number of nitrogens with zero attached hydrogens (tertiary/aromatic N) is 1. The van der Waals surface area contributed by atoms with E-state index in [9.17, 15) is 13.2 Å². The molecule has 7 heteroatoms. The van der Waals surface area contributed by atoms with Crippen molar-refractivity contribution in [2.75, 3.05) is 13.6 Å². The lowest BCUT2D eigenvalue weighted by Crippen LogP contribution is -2.35. The molecule has 0 saturated heterocycles. The Morgan fingerprint density at radius 3 is 2.50 bits per heavy atom. The summed E-state index contributed by atoms with van der Waals surface area (Å²) in [6, 6.07) is 9.15. The fourth-order valence-corrected chi connectivity index (χ4v) is 3.72. The molecule has 1 N–H and O–H groups in total. The first-order valence-corrected chi connectivity index (χ1v) is 10.2. The Bertz CT molecular complexity index is 799. The Kier molecular flexibility index (Phi) is 6.99. The molecule has 1 unspecified atom stereocenters. The molecule has 2 rings (SSSR count). The molecule has 6 nitrogen and oxygen atoms in total. The van der Waals surface area contributed by atoms with Gasteiger partial charge in [0.1, 0.15) is 5.76 Å². The monoisotopic (exact) mass is 378 g/mol. The second kappa shape index (κ2) is 9.00. The molecule has 0 aliphatic carbocycles. The van der Waals surface area contributed by atoms with Crippen molar-refractivity contribution in [3.8, 4) is 0 Å². The zero-order chi connectivity index (χ0) is 19.2. The first kappa shape index (κ1) is 20.2. The van der Waals surface area contributed by atoms with Gasteiger partial charge in [-0.1, -0.05) is 31.0 Å². The highest BCUT2D eigenvalue weighted by Gasteiger charge is 2.26. The lowest BCUT2D eigenvalue weighted by Gasteiger charge is -2.21. The molecule has 0 spiro atoms. The maximum absolute atomic E-state index is 12.7. The Hall–Kier alpha value is -2.12. The molecular formula is C19H26N2O4S. The molecule has 1 aromatic heterocycles. The molecule has 0 radical (unpaired) electrons. The van der Waals surface area contributed by atoms with Crippen LogP contribution in [0.4, 0.5) is 0 Å². The highest BCUT2D eigenvalue weighted by Crippen LogP contribution is 2.22. The summed E-state index contributed by atoms with van der Waals surface area (Å²) in [6.07, 6.45) is 3.36. The summed E-state index contributed by atoms with van der Waals surface area (Å²) in [5, 5.41) is 0. The fourth-order valence-electron chi connectivity index (χ4n) is 2.51. The van der Waals surface area contributed by atoms with E-state index in [1.807, 2.05) is 6.92 Å². The van der Waals surface area contributed by atoms with E-state index < -0.39 is 16.1 Å². The minimum atomic E-state index is -3.77. The van der Waals surface area contributed by atoms with Gasteiger partial charge < -0.3 is 9.32 Å². The number of hydrogen-bond acceptors (Lipinski definition) is 4. The van der Waals surface area contributed by atoms with Crippen molar-refractivity contribution in [1.82, 2.24) is 9.62 Å². The number of carbonyl (C=O) groups excluding carboxylic acids is 1.